The van der Waals surface area contributed by atoms with Gasteiger partial charge < -0.3 is 20.5 Å². The molecule has 1 saturated carbocycles. The van der Waals surface area contributed by atoms with Crippen LogP contribution in [0.3, 0.4) is 0 Å². The lowest BCUT2D eigenvalue weighted by Crippen LogP contribution is -2.35. The van der Waals surface area contributed by atoms with Gasteiger partial charge in [-0.15, -0.1) is 0 Å². The van der Waals surface area contributed by atoms with Crippen molar-refractivity contribution in [1.29, 1.82) is 0 Å². The first-order valence-corrected chi connectivity index (χ1v) is 10.9. The number of carbonyl (C=O) groups is 2. The van der Waals surface area contributed by atoms with Gasteiger partial charge in [0, 0.05) is 6.04 Å². The van der Waals surface area contributed by atoms with Gasteiger partial charge >= 0.3 is 6.09 Å². The Kier molecular flexibility index (Phi) is 5.88. The van der Waals surface area contributed by atoms with E-state index in [1.807, 2.05) is 0 Å². The lowest BCUT2D eigenvalue weighted by Gasteiger charge is -2.33. The molecule has 1 aliphatic carbocycles. The van der Waals surface area contributed by atoms with Crippen LogP contribution in [0, 0.1) is 11.3 Å². The van der Waals surface area contributed by atoms with E-state index in [4.69, 9.17) is 15.2 Å². The molecule has 2 atom stereocenters. The lowest BCUT2D eigenvalue weighted by atomic mass is 9.80. The van der Waals surface area contributed by atoms with Gasteiger partial charge in [-0.25, -0.2) is 9.31 Å². The van der Waals surface area contributed by atoms with E-state index in [2.05, 4.69) is 36.5 Å². The number of hydrogen-bond donors (Lipinski definition) is 3. The summed E-state index contributed by atoms with van der Waals surface area (Å²) in [5.74, 6) is 1.02. The summed E-state index contributed by atoms with van der Waals surface area (Å²) in [5, 5.41) is 10.5. The number of fused-ring (bicyclic) bond motifs is 1. The minimum absolute atomic E-state index is 0.0466. The Bertz CT molecular complexity index is 1190. The SMILES string of the molecule is COc1ccc(OC(=O)Nc2cc3c(NC4CCC(C)C4(C)C)c(C(N)=O)cnn3c2)cc1. The molecule has 4 rings (SSSR count). The number of benzene rings is 1. The van der Waals surface area contributed by atoms with Crippen molar-refractivity contribution < 1.29 is 19.1 Å². The fourth-order valence-corrected chi connectivity index (χ4v) is 4.29. The quantitative estimate of drug-likeness (QED) is 0.514. The predicted molar refractivity (Wildman–Crippen MR) is 126 cm³/mol. The highest BCUT2D eigenvalue weighted by Crippen LogP contribution is 2.44. The summed E-state index contributed by atoms with van der Waals surface area (Å²) < 4.78 is 12.0. The molecule has 0 saturated heterocycles. The maximum Gasteiger partial charge on any atom is 0.417 e. The topological polar surface area (TPSA) is 120 Å². The summed E-state index contributed by atoms with van der Waals surface area (Å²) in [6, 6.07) is 8.59. The molecule has 9 nitrogen and oxygen atoms in total. The molecule has 2 amide bonds. The van der Waals surface area contributed by atoms with Gasteiger partial charge in [-0.1, -0.05) is 20.8 Å². The molecule has 9 heteroatoms. The molecule has 1 aromatic carbocycles. The van der Waals surface area contributed by atoms with Crippen LogP contribution in [0.1, 0.15) is 44.0 Å². The van der Waals surface area contributed by atoms with Crippen molar-refractivity contribution in [3.63, 3.8) is 0 Å². The van der Waals surface area contributed by atoms with Gasteiger partial charge in [0.25, 0.3) is 5.91 Å². The minimum atomic E-state index is -0.647. The Morgan fingerprint density at radius 2 is 1.88 bits per heavy atom. The van der Waals surface area contributed by atoms with Gasteiger partial charge in [-0.3, -0.25) is 10.1 Å². The number of methoxy groups -OCH3 is 1. The van der Waals surface area contributed by atoms with E-state index < -0.39 is 12.0 Å². The van der Waals surface area contributed by atoms with Crippen molar-refractivity contribution in [3.8, 4) is 11.5 Å². The number of rotatable bonds is 6. The zero-order valence-electron chi connectivity index (χ0n) is 19.2. The highest BCUT2D eigenvalue weighted by molar-refractivity contribution is 6.02. The second kappa shape index (κ2) is 8.65. The highest BCUT2D eigenvalue weighted by Gasteiger charge is 2.41. The molecule has 33 heavy (non-hydrogen) atoms. The number of anilines is 2. The Morgan fingerprint density at radius 3 is 2.48 bits per heavy atom. The van der Waals surface area contributed by atoms with Crippen LogP contribution in [0.4, 0.5) is 16.2 Å². The molecular weight excluding hydrogens is 422 g/mol. The molecule has 4 N–H and O–H groups in total. The fraction of sp³-hybridized carbons (Fsp3) is 0.375. The number of nitrogens with zero attached hydrogens (tertiary/aromatic N) is 2. The first kappa shape index (κ1) is 22.4. The van der Waals surface area contributed by atoms with Crippen LogP contribution in [0.2, 0.25) is 0 Å². The maximum absolute atomic E-state index is 12.4. The van der Waals surface area contributed by atoms with E-state index >= 15 is 0 Å². The molecule has 2 aromatic heterocycles. The van der Waals surface area contributed by atoms with Gasteiger partial charge in [0.1, 0.15) is 11.5 Å². The van der Waals surface area contributed by atoms with Crippen molar-refractivity contribution >= 4 is 28.9 Å². The number of amides is 2. The van der Waals surface area contributed by atoms with Crippen LogP contribution in [-0.4, -0.2) is 34.8 Å². The summed E-state index contributed by atoms with van der Waals surface area (Å²) in [6.45, 7) is 6.70. The van der Waals surface area contributed by atoms with Gasteiger partial charge in [0.15, 0.2) is 0 Å². The third-order valence-corrected chi connectivity index (χ3v) is 6.79. The largest absolute Gasteiger partial charge is 0.497 e. The van der Waals surface area contributed by atoms with Crippen molar-refractivity contribution in [2.45, 2.75) is 39.7 Å². The Morgan fingerprint density at radius 1 is 1.18 bits per heavy atom. The summed E-state index contributed by atoms with van der Waals surface area (Å²) in [4.78, 5) is 24.5. The molecule has 3 aromatic rings. The van der Waals surface area contributed by atoms with E-state index in [0.717, 1.165) is 12.8 Å². The summed E-state index contributed by atoms with van der Waals surface area (Å²) >= 11 is 0. The first-order chi connectivity index (χ1) is 15.7. The van der Waals surface area contributed by atoms with E-state index in [0.29, 0.717) is 39.9 Å². The number of ether oxygens (including phenoxy) is 2. The maximum atomic E-state index is 12.4. The highest BCUT2D eigenvalue weighted by atomic mass is 16.6. The number of carbonyl (C=O) groups excluding carboxylic acids is 2. The minimum Gasteiger partial charge on any atom is -0.497 e. The number of aromatic nitrogens is 2. The van der Waals surface area contributed by atoms with Gasteiger partial charge in [-0.05, 0) is 54.5 Å². The second-order valence-electron chi connectivity index (χ2n) is 9.04. The predicted octanol–water partition coefficient (Wildman–Crippen LogP) is 4.29. The van der Waals surface area contributed by atoms with Crippen molar-refractivity contribution in [2.24, 2.45) is 17.1 Å². The molecule has 0 aliphatic heterocycles. The zero-order valence-corrected chi connectivity index (χ0v) is 19.2. The Hall–Kier alpha value is -3.75. The summed E-state index contributed by atoms with van der Waals surface area (Å²) in [6.07, 6.45) is 4.54. The average Bonchev–Trinajstić information content (AvgIpc) is 3.29. The van der Waals surface area contributed by atoms with Gasteiger partial charge in [0.2, 0.25) is 0 Å². The van der Waals surface area contributed by atoms with Crippen molar-refractivity contribution in [3.05, 3.63) is 48.3 Å². The van der Waals surface area contributed by atoms with Crippen molar-refractivity contribution in [2.75, 3.05) is 17.7 Å². The molecule has 2 unspecified atom stereocenters. The number of primary amides is 1. The van der Waals surface area contributed by atoms with E-state index in [-0.39, 0.29) is 11.5 Å². The monoisotopic (exact) mass is 451 g/mol. The van der Waals surface area contributed by atoms with Crippen LogP contribution in [0.25, 0.3) is 5.52 Å². The van der Waals surface area contributed by atoms with Crippen LogP contribution < -0.4 is 25.8 Å². The number of hydrogen-bond acceptors (Lipinski definition) is 6. The molecule has 0 spiro atoms. The Labute approximate surface area is 192 Å². The third-order valence-electron chi connectivity index (χ3n) is 6.79. The van der Waals surface area contributed by atoms with E-state index in [9.17, 15) is 9.59 Å². The van der Waals surface area contributed by atoms with Crippen LogP contribution in [-0.2, 0) is 0 Å². The van der Waals surface area contributed by atoms with Crippen LogP contribution >= 0.6 is 0 Å². The second-order valence-corrected chi connectivity index (χ2v) is 9.04. The third kappa shape index (κ3) is 4.44. The molecule has 2 heterocycles. The zero-order chi connectivity index (χ0) is 23.8. The van der Waals surface area contributed by atoms with Gasteiger partial charge in [-0.2, -0.15) is 5.10 Å². The number of nitrogens with two attached hydrogens (primary N) is 1. The normalized spacial score (nSPS) is 19.3. The van der Waals surface area contributed by atoms with Crippen LogP contribution in [0.5, 0.6) is 11.5 Å². The molecule has 1 fully saturated rings. The standard InChI is InChI=1S/C24H29N5O4/c1-14-5-10-20(24(14,2)3)28-21-18(22(25)30)12-26-29-13-15(11-19(21)29)27-23(31)33-17-8-6-16(32-4)7-9-17/h6-9,11-14,20,28H,5,10H2,1-4H3,(H2,25,30)(H,27,31). The molecule has 1 aliphatic rings. The molecular formula is C24H29N5O4. The number of nitrogens with one attached hydrogen (secondary N) is 2. The molecule has 0 bridgehead atoms. The first-order valence-electron chi connectivity index (χ1n) is 10.9. The lowest BCUT2D eigenvalue weighted by molar-refractivity contribution is 0.100. The smallest absolute Gasteiger partial charge is 0.417 e. The Balaban J connectivity index is 1.59. The van der Waals surface area contributed by atoms with E-state index in [1.54, 1.807) is 48.2 Å². The fourth-order valence-electron chi connectivity index (χ4n) is 4.29. The molecule has 0 radical (unpaired) electrons. The summed E-state index contributed by atoms with van der Waals surface area (Å²) in [7, 11) is 1.56. The average molecular weight is 452 g/mol. The molecule has 174 valence electrons. The van der Waals surface area contributed by atoms with E-state index in [1.165, 1.54) is 6.20 Å². The van der Waals surface area contributed by atoms with Crippen molar-refractivity contribution in [1.82, 2.24) is 9.61 Å². The van der Waals surface area contributed by atoms with Gasteiger partial charge in [0.05, 0.1) is 42.0 Å². The van der Waals surface area contributed by atoms with Crippen LogP contribution in [0.15, 0.2) is 42.7 Å². The summed E-state index contributed by atoms with van der Waals surface area (Å²) in [5.41, 5.74) is 7.73.